The Morgan fingerprint density at radius 3 is 2.76 bits per heavy atom. The van der Waals surface area contributed by atoms with Crippen LogP contribution in [0, 0.1) is 5.92 Å². The molecule has 0 bridgehead atoms. The third kappa shape index (κ3) is 4.27. The fourth-order valence-electron chi connectivity index (χ4n) is 2.71. The van der Waals surface area contributed by atoms with Gasteiger partial charge in [0.15, 0.2) is 0 Å². The summed E-state index contributed by atoms with van der Waals surface area (Å²) in [4.78, 5) is 1.39. The molecule has 1 atom stereocenters. The molecule has 1 N–H and O–H groups in total. The lowest BCUT2D eigenvalue weighted by molar-refractivity contribution is 0.283. The molecule has 1 saturated carbocycles. The Bertz CT molecular complexity index is 331. The molecule has 1 nitrogen and oxygen atoms in total. The molecule has 1 fully saturated rings. The number of hydrogen-bond donors (Lipinski definition) is 1. The van der Waals surface area contributed by atoms with Gasteiger partial charge < -0.3 is 5.32 Å². The van der Waals surface area contributed by atoms with Crippen LogP contribution < -0.4 is 5.32 Å². The number of rotatable bonds is 5. The third-order valence-corrected chi connectivity index (χ3v) is 5.11. The summed E-state index contributed by atoms with van der Waals surface area (Å²) in [7, 11) is 0. The number of thiophene rings is 1. The van der Waals surface area contributed by atoms with Gasteiger partial charge in [0.25, 0.3) is 0 Å². The van der Waals surface area contributed by atoms with E-state index >= 15 is 0 Å². The van der Waals surface area contributed by atoms with Gasteiger partial charge in [0.2, 0.25) is 0 Å². The first kappa shape index (κ1) is 13.4. The summed E-state index contributed by atoms with van der Waals surface area (Å²) < 4.78 is 0.903. The van der Waals surface area contributed by atoms with Crippen molar-refractivity contribution in [2.45, 2.75) is 51.5 Å². The van der Waals surface area contributed by atoms with Gasteiger partial charge in [0.1, 0.15) is 0 Å². The molecule has 0 aliphatic heterocycles. The van der Waals surface area contributed by atoms with E-state index in [1.165, 1.54) is 37.0 Å². The molecular formula is C14H22ClNS. The highest BCUT2D eigenvalue weighted by atomic mass is 35.5. The normalized spacial score (nSPS) is 19.4. The predicted molar refractivity (Wildman–Crippen MR) is 77.1 cm³/mol. The third-order valence-electron chi connectivity index (χ3n) is 3.82. The van der Waals surface area contributed by atoms with E-state index in [0.717, 1.165) is 23.2 Å². The first-order valence-corrected chi connectivity index (χ1v) is 7.93. The Balaban J connectivity index is 1.67. The molecule has 0 spiro atoms. The first-order chi connectivity index (χ1) is 8.25. The predicted octanol–water partition coefficient (Wildman–Crippen LogP) is 4.50. The van der Waals surface area contributed by atoms with Gasteiger partial charge in [-0.2, -0.15) is 0 Å². The summed E-state index contributed by atoms with van der Waals surface area (Å²) in [6.45, 7) is 3.42. The molecule has 2 rings (SSSR count). The highest BCUT2D eigenvalue weighted by molar-refractivity contribution is 7.16. The Kier molecular flexibility index (Phi) is 5.33. The van der Waals surface area contributed by atoms with Gasteiger partial charge in [-0.1, -0.05) is 30.9 Å². The van der Waals surface area contributed by atoms with Crippen molar-refractivity contribution in [3.8, 4) is 0 Å². The van der Waals surface area contributed by atoms with E-state index in [1.807, 2.05) is 6.07 Å². The van der Waals surface area contributed by atoms with Gasteiger partial charge in [-0.25, -0.2) is 0 Å². The van der Waals surface area contributed by atoms with Crippen molar-refractivity contribution < 1.29 is 0 Å². The fraction of sp³-hybridized carbons (Fsp3) is 0.714. The first-order valence-electron chi connectivity index (χ1n) is 6.73. The van der Waals surface area contributed by atoms with Crippen molar-refractivity contribution in [2.24, 2.45) is 5.92 Å². The minimum absolute atomic E-state index is 0.672. The van der Waals surface area contributed by atoms with Gasteiger partial charge in [-0.3, -0.25) is 0 Å². The molecular weight excluding hydrogens is 250 g/mol. The summed E-state index contributed by atoms with van der Waals surface area (Å²) in [5, 5.41) is 3.67. The van der Waals surface area contributed by atoms with Crippen molar-refractivity contribution >= 4 is 22.9 Å². The van der Waals surface area contributed by atoms with Crippen molar-refractivity contribution in [3.05, 3.63) is 21.3 Å². The van der Waals surface area contributed by atoms with Crippen LogP contribution >= 0.6 is 22.9 Å². The maximum absolute atomic E-state index is 5.92. The number of hydrogen-bond acceptors (Lipinski definition) is 2. The minimum atomic E-state index is 0.672. The molecule has 1 aliphatic rings. The van der Waals surface area contributed by atoms with Crippen LogP contribution in [0.3, 0.4) is 0 Å². The second kappa shape index (κ2) is 6.77. The molecule has 0 amide bonds. The second-order valence-corrected chi connectivity index (χ2v) is 6.90. The van der Waals surface area contributed by atoms with E-state index in [-0.39, 0.29) is 0 Å². The summed E-state index contributed by atoms with van der Waals surface area (Å²) >= 11 is 7.62. The maximum Gasteiger partial charge on any atom is 0.0931 e. The van der Waals surface area contributed by atoms with Crippen molar-refractivity contribution in [1.29, 1.82) is 0 Å². The minimum Gasteiger partial charge on any atom is -0.314 e. The maximum atomic E-state index is 5.92. The molecule has 96 valence electrons. The Hall–Kier alpha value is -0.0500. The van der Waals surface area contributed by atoms with Crippen molar-refractivity contribution in [3.63, 3.8) is 0 Å². The number of nitrogens with one attached hydrogen (secondary N) is 1. The molecule has 0 saturated heterocycles. The molecule has 17 heavy (non-hydrogen) atoms. The summed E-state index contributed by atoms with van der Waals surface area (Å²) in [6, 6.07) is 4.80. The molecule has 1 heterocycles. The van der Waals surface area contributed by atoms with E-state index in [4.69, 9.17) is 11.6 Å². The van der Waals surface area contributed by atoms with Crippen LogP contribution in [-0.4, -0.2) is 12.6 Å². The SMILES string of the molecule is CC(NCCc1ccc(Cl)s1)C1CCCCC1. The highest BCUT2D eigenvalue weighted by Gasteiger charge is 2.19. The van der Waals surface area contributed by atoms with Gasteiger partial charge in [-0.05, 0) is 44.2 Å². The van der Waals surface area contributed by atoms with Gasteiger partial charge >= 0.3 is 0 Å². The molecule has 1 aromatic heterocycles. The average Bonchev–Trinajstić information content (AvgIpc) is 2.76. The largest absolute Gasteiger partial charge is 0.314 e. The van der Waals surface area contributed by atoms with Crippen LogP contribution in [0.25, 0.3) is 0 Å². The van der Waals surface area contributed by atoms with Gasteiger partial charge in [-0.15, -0.1) is 11.3 Å². The topological polar surface area (TPSA) is 12.0 Å². The van der Waals surface area contributed by atoms with E-state index < -0.39 is 0 Å². The van der Waals surface area contributed by atoms with Crippen LogP contribution in [0.2, 0.25) is 4.34 Å². The summed E-state index contributed by atoms with van der Waals surface area (Å²) in [6.07, 6.45) is 8.23. The van der Waals surface area contributed by atoms with Crippen LogP contribution in [0.5, 0.6) is 0 Å². The molecule has 1 aliphatic carbocycles. The highest BCUT2D eigenvalue weighted by Crippen LogP contribution is 2.26. The van der Waals surface area contributed by atoms with Crippen molar-refractivity contribution in [2.75, 3.05) is 6.54 Å². The second-order valence-electron chi connectivity index (χ2n) is 5.10. The Morgan fingerprint density at radius 1 is 1.35 bits per heavy atom. The van der Waals surface area contributed by atoms with E-state index in [9.17, 15) is 0 Å². The van der Waals surface area contributed by atoms with Crippen LogP contribution in [0.4, 0.5) is 0 Å². The Morgan fingerprint density at radius 2 is 2.12 bits per heavy atom. The molecule has 3 heteroatoms. The lowest BCUT2D eigenvalue weighted by Gasteiger charge is -2.28. The monoisotopic (exact) mass is 271 g/mol. The lowest BCUT2D eigenvalue weighted by Crippen LogP contribution is -2.35. The molecule has 1 aromatic rings. The van der Waals surface area contributed by atoms with E-state index in [2.05, 4.69) is 18.3 Å². The standard InChI is InChI=1S/C14H22ClNS/c1-11(12-5-3-2-4-6-12)16-10-9-13-7-8-14(15)17-13/h7-8,11-12,16H,2-6,9-10H2,1H3. The van der Waals surface area contributed by atoms with E-state index in [0.29, 0.717) is 6.04 Å². The molecule has 0 radical (unpaired) electrons. The smallest absolute Gasteiger partial charge is 0.0931 e. The lowest BCUT2D eigenvalue weighted by atomic mass is 9.84. The van der Waals surface area contributed by atoms with Crippen molar-refractivity contribution in [1.82, 2.24) is 5.32 Å². The zero-order chi connectivity index (χ0) is 12.1. The summed E-state index contributed by atoms with van der Waals surface area (Å²) in [5.74, 6) is 0.899. The zero-order valence-electron chi connectivity index (χ0n) is 10.5. The van der Waals surface area contributed by atoms with Crippen LogP contribution in [-0.2, 0) is 6.42 Å². The van der Waals surface area contributed by atoms with E-state index in [1.54, 1.807) is 11.3 Å². The number of halogens is 1. The zero-order valence-corrected chi connectivity index (χ0v) is 12.1. The summed E-state index contributed by atoms with van der Waals surface area (Å²) in [5.41, 5.74) is 0. The molecule has 0 aromatic carbocycles. The van der Waals surface area contributed by atoms with Crippen LogP contribution in [0.15, 0.2) is 12.1 Å². The Labute approximate surface area is 114 Å². The quantitative estimate of drug-likeness (QED) is 0.831. The van der Waals surface area contributed by atoms with Gasteiger partial charge in [0, 0.05) is 17.5 Å². The fourth-order valence-corrected chi connectivity index (χ4v) is 3.80. The van der Waals surface area contributed by atoms with Crippen LogP contribution in [0.1, 0.15) is 43.9 Å². The van der Waals surface area contributed by atoms with Gasteiger partial charge in [0.05, 0.1) is 4.34 Å². The molecule has 1 unspecified atom stereocenters. The average molecular weight is 272 g/mol.